The Morgan fingerprint density at radius 3 is 1.23 bits per heavy atom. The lowest BCUT2D eigenvalue weighted by Crippen LogP contribution is -1.73. The van der Waals surface area contributed by atoms with Gasteiger partial charge in [-0.1, -0.05) is 52.4 Å². The van der Waals surface area contributed by atoms with Gasteiger partial charge < -0.3 is 0 Å². The first-order chi connectivity index (χ1) is 5.91. The lowest BCUT2D eigenvalue weighted by Gasteiger charge is -1.93. The van der Waals surface area contributed by atoms with E-state index in [-0.39, 0.29) is 0 Å². The Bertz CT molecular complexity index is 165. The minimum absolute atomic E-state index is 1.36. The maximum atomic E-state index is 9.47. The van der Waals surface area contributed by atoms with Gasteiger partial charge in [0.15, 0.2) is 0 Å². The molecule has 0 aliphatic rings. The minimum Gasteiger partial charge on any atom is -0.205 e. The van der Waals surface area contributed by atoms with Crippen LogP contribution in [-0.2, 0) is 6.70 Å². The Kier molecular flexibility index (Phi) is 13.8. The summed E-state index contributed by atoms with van der Waals surface area (Å²) in [6, 6.07) is 0. The van der Waals surface area contributed by atoms with Crippen LogP contribution in [0.4, 0.5) is 0 Å². The van der Waals surface area contributed by atoms with E-state index in [0.717, 1.165) is 0 Å². The van der Waals surface area contributed by atoms with Crippen molar-refractivity contribution in [1.82, 2.24) is 0 Å². The maximum Gasteiger partial charge on any atom is 0.268 e. The van der Waals surface area contributed by atoms with Crippen LogP contribution < -0.4 is 0 Å². The summed E-state index contributed by atoms with van der Waals surface area (Å²) < 4.78 is 18.9. The first-order valence-corrected chi connectivity index (χ1v) is 9.72. The van der Waals surface area contributed by atoms with E-state index in [9.17, 15) is 8.42 Å². The van der Waals surface area contributed by atoms with Crippen LogP contribution in [0.25, 0.3) is 0 Å². The molecule has 0 aliphatic heterocycles. The van der Waals surface area contributed by atoms with Gasteiger partial charge in [-0.15, -0.1) is 0 Å². The second kappa shape index (κ2) is 11.0. The van der Waals surface area contributed by atoms with Crippen LogP contribution in [-0.4, -0.2) is 8.42 Å². The normalized spacial score (nSPS) is 10.5. The molecule has 13 heavy (non-hydrogen) atoms. The molecule has 0 fully saturated rings. The van der Waals surface area contributed by atoms with Crippen molar-refractivity contribution in [3.63, 3.8) is 0 Å². The number of halogens is 2. The summed E-state index contributed by atoms with van der Waals surface area (Å²) in [6.45, 7) is 1.47. The number of unbranched alkanes of at least 4 members (excludes halogenated alkanes) is 5. The first-order valence-electron chi connectivity index (χ1n) is 4.56. The molecule has 2 nitrogen and oxygen atoms in total. The Balaban J connectivity index is 0. The average Bonchev–Trinajstić information content (AvgIpc) is 1.95. The summed E-state index contributed by atoms with van der Waals surface area (Å²) in [4.78, 5) is 0. The van der Waals surface area contributed by atoms with Gasteiger partial charge in [-0.3, -0.25) is 0 Å². The lowest BCUT2D eigenvalue weighted by atomic mass is 10.1. The lowest BCUT2D eigenvalue weighted by molar-refractivity contribution is 0.624. The van der Waals surface area contributed by atoms with Crippen LogP contribution in [0, 0.1) is 0 Å². The van der Waals surface area contributed by atoms with E-state index in [1.807, 2.05) is 0 Å². The van der Waals surface area contributed by atoms with Crippen LogP contribution >= 0.6 is 29.6 Å². The molecule has 0 aliphatic carbocycles. The Labute approximate surface area is 96.8 Å². The van der Waals surface area contributed by atoms with Crippen LogP contribution in [0.2, 0.25) is 0 Å². The zero-order valence-electron chi connectivity index (χ0n) is 8.22. The van der Waals surface area contributed by atoms with Crippen molar-refractivity contribution in [3.8, 4) is 0 Å². The molecule has 0 atom stereocenters. The molecule has 0 aromatic carbocycles. The summed E-state index contributed by atoms with van der Waals surface area (Å²) in [7, 11) is 0. The largest absolute Gasteiger partial charge is 0.268 e. The van der Waals surface area contributed by atoms with Crippen molar-refractivity contribution in [2.75, 3.05) is 0 Å². The van der Waals surface area contributed by atoms with Crippen LogP contribution in [0.5, 0.6) is 0 Å². The average molecular weight is 338 g/mol. The highest BCUT2D eigenvalue weighted by Gasteiger charge is 1.87. The molecule has 0 bridgehead atoms. The summed E-state index contributed by atoms with van der Waals surface area (Å²) in [5.41, 5.74) is 0. The predicted molar refractivity (Wildman–Crippen MR) is 65.8 cm³/mol. The predicted octanol–water partition coefficient (Wildman–Crippen LogP) is 4.39. The van der Waals surface area contributed by atoms with E-state index >= 15 is 0 Å². The third-order valence-electron chi connectivity index (χ3n) is 1.46. The second-order valence-electron chi connectivity index (χ2n) is 2.79. The van der Waals surface area contributed by atoms with Gasteiger partial charge in [0.1, 0.15) is 0 Å². The van der Waals surface area contributed by atoms with Gasteiger partial charge in [0, 0.05) is 0 Å². The molecule has 0 heterocycles. The van der Waals surface area contributed by atoms with Gasteiger partial charge in [0.05, 0.1) is 29.6 Å². The minimum atomic E-state index is -3.04. The quantitative estimate of drug-likeness (QED) is 0.550. The molecule has 82 valence electrons. The highest BCUT2D eigenvalue weighted by Crippen LogP contribution is 2.06. The molecule has 0 aromatic rings. The Hall–Kier alpha value is 0.910. The number of hydrogen-bond donors (Lipinski definition) is 0. The van der Waals surface area contributed by atoms with E-state index in [4.69, 9.17) is 0 Å². The third kappa shape index (κ3) is 44.0. The van der Waals surface area contributed by atoms with Crippen LogP contribution in [0.15, 0.2) is 0 Å². The molecule has 0 unspecified atom stereocenters. The van der Waals surface area contributed by atoms with Crippen molar-refractivity contribution >= 4 is 36.3 Å². The van der Waals surface area contributed by atoms with Gasteiger partial charge in [-0.25, -0.2) is 8.42 Å². The van der Waals surface area contributed by atoms with Gasteiger partial charge >= 0.3 is 0 Å². The van der Waals surface area contributed by atoms with Crippen LogP contribution in [0.3, 0.4) is 0 Å². The fraction of sp³-hybridized carbons (Fsp3) is 1.00. The topological polar surface area (TPSA) is 34.1 Å². The van der Waals surface area contributed by atoms with E-state index in [1.54, 1.807) is 0 Å². The SMILES string of the molecule is CCCCCCCC.O=S(=O)(Br)Br. The molecule has 0 rings (SSSR count). The van der Waals surface area contributed by atoms with E-state index in [2.05, 4.69) is 43.5 Å². The first kappa shape index (κ1) is 16.3. The van der Waals surface area contributed by atoms with Gasteiger partial charge in [0.25, 0.3) is 6.70 Å². The monoisotopic (exact) mass is 336 g/mol. The summed E-state index contributed by atoms with van der Waals surface area (Å²) >= 11 is 4.53. The van der Waals surface area contributed by atoms with E-state index < -0.39 is 6.70 Å². The molecule has 0 saturated carbocycles. The summed E-state index contributed by atoms with van der Waals surface area (Å²) in [5.74, 6) is 0. The molecule has 5 heteroatoms. The molecular weight excluding hydrogens is 320 g/mol. The van der Waals surface area contributed by atoms with Crippen molar-refractivity contribution in [1.29, 1.82) is 0 Å². The van der Waals surface area contributed by atoms with Gasteiger partial charge in [-0.05, 0) is 0 Å². The van der Waals surface area contributed by atoms with E-state index in [0.29, 0.717) is 0 Å². The highest BCUT2D eigenvalue weighted by molar-refractivity contribution is 9.79. The molecule has 0 N–H and O–H groups in total. The second-order valence-corrected chi connectivity index (χ2v) is 11.3. The molecule has 0 saturated heterocycles. The number of rotatable bonds is 5. The molecule has 0 amide bonds. The zero-order chi connectivity index (χ0) is 10.7. The van der Waals surface area contributed by atoms with Crippen LogP contribution in [0.1, 0.15) is 52.4 Å². The molecular formula is C8H18Br2O2S. The van der Waals surface area contributed by atoms with Gasteiger partial charge in [0.2, 0.25) is 0 Å². The maximum absolute atomic E-state index is 9.47. The molecule has 0 spiro atoms. The number of hydrogen-bond acceptors (Lipinski definition) is 2. The fourth-order valence-electron chi connectivity index (χ4n) is 0.854. The smallest absolute Gasteiger partial charge is 0.205 e. The van der Waals surface area contributed by atoms with Gasteiger partial charge in [-0.2, -0.15) is 0 Å². The van der Waals surface area contributed by atoms with Crippen molar-refractivity contribution in [2.24, 2.45) is 0 Å². The summed E-state index contributed by atoms with van der Waals surface area (Å²) in [6.07, 6.45) is 8.49. The highest BCUT2D eigenvalue weighted by atomic mass is 79.9. The third-order valence-corrected chi connectivity index (χ3v) is 1.46. The molecule has 0 radical (unpaired) electrons. The van der Waals surface area contributed by atoms with Crippen molar-refractivity contribution in [2.45, 2.75) is 52.4 Å². The standard InChI is InChI=1S/C8H18.Br2O2S/c1-3-5-7-8-6-4-2;1-5(2,3)4/h3-8H2,1-2H3;. The van der Waals surface area contributed by atoms with Crippen molar-refractivity contribution < 1.29 is 8.42 Å². The van der Waals surface area contributed by atoms with Crippen molar-refractivity contribution in [3.05, 3.63) is 0 Å². The fourth-order valence-corrected chi connectivity index (χ4v) is 0.854. The zero-order valence-corrected chi connectivity index (χ0v) is 12.2. The summed E-state index contributed by atoms with van der Waals surface area (Å²) in [5, 5.41) is 0. The van der Waals surface area contributed by atoms with E-state index in [1.165, 1.54) is 38.5 Å². The Morgan fingerprint density at radius 2 is 1.08 bits per heavy atom. The Morgan fingerprint density at radius 1 is 0.846 bits per heavy atom. The molecule has 0 aromatic heterocycles.